The third kappa shape index (κ3) is 2.87. The molecule has 19 heavy (non-hydrogen) atoms. The van der Waals surface area contributed by atoms with Crippen molar-refractivity contribution in [2.24, 2.45) is 0 Å². The lowest BCUT2D eigenvalue weighted by Gasteiger charge is -2.24. The Morgan fingerprint density at radius 3 is 2.84 bits per heavy atom. The fourth-order valence-electron chi connectivity index (χ4n) is 3.26. The summed E-state index contributed by atoms with van der Waals surface area (Å²) in [5.41, 5.74) is 0.926. The van der Waals surface area contributed by atoms with Crippen molar-refractivity contribution in [1.29, 1.82) is 0 Å². The number of halogens is 2. The maximum absolute atomic E-state index is 13.3. The van der Waals surface area contributed by atoms with Gasteiger partial charge in [0.2, 0.25) is 0 Å². The average molecular weight is 284 g/mol. The van der Waals surface area contributed by atoms with Crippen LogP contribution in [0.2, 0.25) is 5.02 Å². The molecule has 1 saturated heterocycles. The van der Waals surface area contributed by atoms with Gasteiger partial charge >= 0.3 is 0 Å². The second kappa shape index (κ2) is 5.29. The maximum atomic E-state index is 13.3. The second-order valence-electron chi connectivity index (χ2n) is 5.68. The Bertz CT molecular complexity index is 459. The Balaban J connectivity index is 1.54. The fourth-order valence-corrected chi connectivity index (χ4v) is 3.38. The Morgan fingerprint density at radius 1 is 1.32 bits per heavy atom. The van der Waals surface area contributed by atoms with Crippen LogP contribution in [-0.2, 0) is 4.74 Å². The number of anilines is 1. The zero-order chi connectivity index (χ0) is 13.3. The van der Waals surface area contributed by atoms with E-state index in [-0.39, 0.29) is 22.5 Å². The van der Waals surface area contributed by atoms with Gasteiger partial charge < -0.3 is 10.1 Å². The summed E-state index contributed by atoms with van der Waals surface area (Å²) in [4.78, 5) is 0. The predicted octanol–water partition coefficient (Wildman–Crippen LogP) is 4.38. The lowest BCUT2D eigenvalue weighted by atomic mass is 9.98. The minimum atomic E-state index is -0.383. The second-order valence-corrected chi connectivity index (χ2v) is 6.09. The van der Waals surface area contributed by atoms with E-state index in [1.54, 1.807) is 12.1 Å². The molecule has 1 N–H and O–H groups in total. The summed E-state index contributed by atoms with van der Waals surface area (Å²) < 4.78 is 19.5. The van der Waals surface area contributed by atoms with Crippen molar-refractivity contribution in [3.05, 3.63) is 29.0 Å². The summed E-state index contributed by atoms with van der Waals surface area (Å²) in [5.74, 6) is -0.383. The summed E-state index contributed by atoms with van der Waals surface area (Å²) >= 11 is 5.66. The van der Waals surface area contributed by atoms with E-state index in [1.807, 2.05) is 0 Å². The molecule has 0 amide bonds. The smallest absolute Gasteiger partial charge is 0.143 e. The van der Waals surface area contributed by atoms with Gasteiger partial charge in [0.25, 0.3) is 0 Å². The van der Waals surface area contributed by atoms with Crippen LogP contribution in [0.3, 0.4) is 0 Å². The number of ether oxygens (including phenoxy) is 1. The molecule has 1 aromatic rings. The largest absolute Gasteiger partial charge is 0.382 e. The molecule has 1 aliphatic heterocycles. The standard InChI is InChI=1S/C15H19ClFNO/c16-13-4-3-11(9-14(13)17)18-10-12-5-8-15(19-12)6-1-2-7-15/h3-4,9,12,18H,1-2,5-8,10H2. The van der Waals surface area contributed by atoms with Crippen molar-refractivity contribution in [3.8, 4) is 0 Å². The first kappa shape index (κ1) is 13.2. The molecule has 1 saturated carbocycles. The summed E-state index contributed by atoms with van der Waals surface area (Å²) in [6.07, 6.45) is 7.53. The van der Waals surface area contributed by atoms with Crippen LogP contribution in [0.1, 0.15) is 38.5 Å². The van der Waals surface area contributed by atoms with Gasteiger partial charge in [0.1, 0.15) is 5.82 Å². The van der Waals surface area contributed by atoms with Gasteiger partial charge in [-0.15, -0.1) is 0 Å². The van der Waals surface area contributed by atoms with Gasteiger partial charge in [-0.1, -0.05) is 24.4 Å². The zero-order valence-electron chi connectivity index (χ0n) is 10.9. The number of hydrogen-bond donors (Lipinski definition) is 1. The van der Waals surface area contributed by atoms with Crippen LogP contribution in [0.15, 0.2) is 18.2 Å². The minimum Gasteiger partial charge on any atom is -0.382 e. The molecule has 1 heterocycles. The van der Waals surface area contributed by atoms with E-state index in [4.69, 9.17) is 16.3 Å². The Morgan fingerprint density at radius 2 is 2.11 bits per heavy atom. The molecule has 1 spiro atoms. The van der Waals surface area contributed by atoms with Crippen molar-refractivity contribution in [2.75, 3.05) is 11.9 Å². The third-order valence-electron chi connectivity index (χ3n) is 4.31. The molecule has 2 nitrogen and oxygen atoms in total. The van der Waals surface area contributed by atoms with E-state index in [2.05, 4.69) is 5.32 Å². The summed E-state index contributed by atoms with van der Waals surface area (Å²) in [5, 5.41) is 3.40. The fraction of sp³-hybridized carbons (Fsp3) is 0.600. The highest BCUT2D eigenvalue weighted by molar-refractivity contribution is 6.30. The van der Waals surface area contributed by atoms with E-state index in [0.29, 0.717) is 0 Å². The van der Waals surface area contributed by atoms with Crippen molar-refractivity contribution in [2.45, 2.75) is 50.2 Å². The highest BCUT2D eigenvalue weighted by Crippen LogP contribution is 2.43. The van der Waals surface area contributed by atoms with E-state index in [0.717, 1.165) is 18.7 Å². The molecular formula is C15H19ClFNO. The topological polar surface area (TPSA) is 21.3 Å². The van der Waals surface area contributed by atoms with Gasteiger partial charge in [-0.3, -0.25) is 0 Å². The highest BCUT2D eigenvalue weighted by atomic mass is 35.5. The van der Waals surface area contributed by atoms with Crippen molar-refractivity contribution in [1.82, 2.24) is 0 Å². The van der Waals surface area contributed by atoms with Crippen LogP contribution in [0.5, 0.6) is 0 Å². The van der Waals surface area contributed by atoms with Crippen LogP contribution in [0.4, 0.5) is 10.1 Å². The van der Waals surface area contributed by atoms with Gasteiger partial charge in [0.05, 0.1) is 16.7 Å². The highest BCUT2D eigenvalue weighted by Gasteiger charge is 2.41. The number of hydrogen-bond acceptors (Lipinski definition) is 2. The summed E-state index contributed by atoms with van der Waals surface area (Å²) in [6, 6.07) is 4.81. The van der Waals surface area contributed by atoms with Crippen LogP contribution >= 0.6 is 11.6 Å². The number of benzene rings is 1. The Labute approximate surface area is 118 Å². The molecule has 0 radical (unpaired) electrons. The van der Waals surface area contributed by atoms with Crippen LogP contribution in [-0.4, -0.2) is 18.2 Å². The molecule has 1 atom stereocenters. The van der Waals surface area contributed by atoms with Gasteiger partial charge in [0, 0.05) is 12.2 Å². The Kier molecular flexibility index (Phi) is 3.68. The van der Waals surface area contributed by atoms with E-state index < -0.39 is 0 Å². The third-order valence-corrected chi connectivity index (χ3v) is 4.61. The lowest BCUT2D eigenvalue weighted by molar-refractivity contribution is -0.0307. The SMILES string of the molecule is Fc1cc(NCC2CCC3(CCCC3)O2)ccc1Cl. The molecular weight excluding hydrogens is 265 g/mol. The van der Waals surface area contributed by atoms with Crippen molar-refractivity contribution >= 4 is 17.3 Å². The quantitative estimate of drug-likeness (QED) is 0.889. The molecule has 1 aliphatic carbocycles. The molecule has 2 aliphatic rings. The van der Waals surface area contributed by atoms with Gasteiger partial charge in [-0.2, -0.15) is 0 Å². The zero-order valence-corrected chi connectivity index (χ0v) is 11.7. The normalized spacial score (nSPS) is 25.1. The van der Waals surface area contributed by atoms with Gasteiger partial charge in [-0.05, 0) is 43.9 Å². The molecule has 4 heteroatoms. The molecule has 0 aromatic heterocycles. The summed E-state index contributed by atoms with van der Waals surface area (Å²) in [6.45, 7) is 0.739. The van der Waals surface area contributed by atoms with Gasteiger partial charge in [-0.25, -0.2) is 4.39 Å². The van der Waals surface area contributed by atoms with E-state index in [9.17, 15) is 4.39 Å². The predicted molar refractivity (Wildman–Crippen MR) is 75.2 cm³/mol. The van der Waals surface area contributed by atoms with Crippen LogP contribution in [0.25, 0.3) is 0 Å². The minimum absolute atomic E-state index is 0.160. The number of rotatable bonds is 3. The molecule has 3 rings (SSSR count). The Hall–Kier alpha value is -0.800. The average Bonchev–Trinajstić information content (AvgIpc) is 3.02. The molecule has 1 aromatic carbocycles. The first-order valence-corrected chi connectivity index (χ1v) is 7.41. The van der Waals surface area contributed by atoms with Crippen LogP contribution in [0, 0.1) is 5.82 Å². The van der Waals surface area contributed by atoms with Crippen LogP contribution < -0.4 is 5.32 Å². The molecule has 1 unspecified atom stereocenters. The van der Waals surface area contributed by atoms with Crippen molar-refractivity contribution in [3.63, 3.8) is 0 Å². The first-order chi connectivity index (χ1) is 9.17. The van der Waals surface area contributed by atoms with E-state index >= 15 is 0 Å². The lowest BCUT2D eigenvalue weighted by Crippen LogP contribution is -2.27. The molecule has 104 valence electrons. The van der Waals surface area contributed by atoms with Crippen molar-refractivity contribution < 1.29 is 9.13 Å². The van der Waals surface area contributed by atoms with Gasteiger partial charge in [0.15, 0.2) is 0 Å². The maximum Gasteiger partial charge on any atom is 0.143 e. The monoisotopic (exact) mass is 283 g/mol. The number of nitrogens with one attached hydrogen (secondary N) is 1. The molecule has 0 bridgehead atoms. The summed E-state index contributed by atoms with van der Waals surface area (Å²) in [7, 11) is 0. The molecule has 2 fully saturated rings. The first-order valence-electron chi connectivity index (χ1n) is 7.04. The van der Waals surface area contributed by atoms with E-state index in [1.165, 1.54) is 38.2 Å².